The lowest BCUT2D eigenvalue weighted by molar-refractivity contribution is 1.52. The highest BCUT2D eigenvalue weighted by Crippen LogP contribution is 2.27. The summed E-state index contributed by atoms with van der Waals surface area (Å²) in [5, 5.41) is 12.7. The Balaban J connectivity index is 2.06. The van der Waals surface area contributed by atoms with Crippen LogP contribution in [-0.2, 0) is 0 Å². The van der Waals surface area contributed by atoms with Gasteiger partial charge in [0.05, 0.1) is 21.7 Å². The van der Waals surface area contributed by atoms with Crippen molar-refractivity contribution in [2.45, 2.75) is 0 Å². The fourth-order valence-electron chi connectivity index (χ4n) is 2.31. The molecule has 0 unspecified atom stereocenters. The average molecular weight is 324 g/mol. The van der Waals surface area contributed by atoms with Gasteiger partial charge in [-0.05, 0) is 46.2 Å². The van der Waals surface area contributed by atoms with Crippen LogP contribution in [0.25, 0.3) is 22.4 Å². The van der Waals surface area contributed by atoms with E-state index in [9.17, 15) is 5.26 Å². The van der Waals surface area contributed by atoms with E-state index in [2.05, 4.69) is 24.3 Å². The smallest absolute Gasteiger partial charge is 0.0998 e. The Kier molecular flexibility index (Phi) is 4.15. The molecule has 0 aliphatic heterocycles. The van der Waals surface area contributed by atoms with Gasteiger partial charge in [0.2, 0.25) is 0 Å². The van der Waals surface area contributed by atoms with Crippen LogP contribution >= 0.6 is 23.2 Å². The van der Waals surface area contributed by atoms with Gasteiger partial charge in [-0.3, -0.25) is 0 Å². The predicted octanol–water partition coefficient (Wildman–Crippen LogP) is 6.21. The van der Waals surface area contributed by atoms with E-state index >= 15 is 0 Å². The zero-order valence-electron chi connectivity index (χ0n) is 11.6. The maximum absolute atomic E-state index is 9.42. The molecule has 0 saturated carbocycles. The van der Waals surface area contributed by atoms with Crippen LogP contribution in [0.15, 0.2) is 60.7 Å². The van der Waals surface area contributed by atoms with Crippen LogP contribution in [0.1, 0.15) is 11.1 Å². The molecule has 0 fully saturated rings. The van der Waals surface area contributed by atoms with Crippen molar-refractivity contribution in [1.82, 2.24) is 0 Å². The van der Waals surface area contributed by atoms with Crippen molar-refractivity contribution < 1.29 is 0 Å². The molecule has 1 nitrogen and oxygen atoms in total. The van der Waals surface area contributed by atoms with Gasteiger partial charge in [-0.1, -0.05) is 65.7 Å². The van der Waals surface area contributed by atoms with Crippen molar-refractivity contribution in [2.75, 3.05) is 0 Å². The minimum absolute atomic E-state index is 0.443. The van der Waals surface area contributed by atoms with Gasteiger partial charge in [-0.15, -0.1) is 0 Å². The zero-order chi connectivity index (χ0) is 15.5. The van der Waals surface area contributed by atoms with Crippen molar-refractivity contribution in [3.63, 3.8) is 0 Å². The van der Waals surface area contributed by atoms with Gasteiger partial charge < -0.3 is 0 Å². The van der Waals surface area contributed by atoms with E-state index < -0.39 is 0 Å². The Bertz CT molecular complexity index is 920. The largest absolute Gasteiger partial charge is 0.192 e. The summed E-state index contributed by atoms with van der Waals surface area (Å²) in [5.74, 6) is 0. The summed E-state index contributed by atoms with van der Waals surface area (Å²) < 4.78 is 0. The number of hydrogen-bond donors (Lipinski definition) is 0. The number of halogens is 2. The third-order valence-electron chi connectivity index (χ3n) is 3.44. The van der Waals surface area contributed by atoms with Gasteiger partial charge in [0.25, 0.3) is 0 Å². The van der Waals surface area contributed by atoms with Crippen LogP contribution in [0.2, 0.25) is 10.0 Å². The average Bonchev–Trinajstić information content (AvgIpc) is 2.55. The van der Waals surface area contributed by atoms with E-state index in [0.29, 0.717) is 15.6 Å². The Labute approximate surface area is 139 Å². The second-order valence-corrected chi connectivity index (χ2v) is 5.72. The second-order valence-electron chi connectivity index (χ2n) is 4.91. The van der Waals surface area contributed by atoms with Crippen LogP contribution in [0.5, 0.6) is 0 Å². The molecular formula is C19H11Cl2N. The summed E-state index contributed by atoms with van der Waals surface area (Å²) in [6.45, 7) is 0. The predicted molar refractivity (Wildman–Crippen MR) is 93.9 cm³/mol. The first-order valence-electron chi connectivity index (χ1n) is 6.73. The number of benzene rings is 3. The van der Waals surface area contributed by atoms with Crippen molar-refractivity contribution in [3.05, 3.63) is 81.8 Å². The quantitative estimate of drug-likeness (QED) is 0.406. The molecule has 0 atom stereocenters. The highest BCUT2D eigenvalue weighted by atomic mass is 35.5. The Morgan fingerprint density at radius 1 is 0.864 bits per heavy atom. The SMILES string of the molecule is N#C/C(=C\c1ccc2ccccc2c1)c1ccc(Cl)c(Cl)c1. The summed E-state index contributed by atoms with van der Waals surface area (Å²) in [6.07, 6.45) is 1.85. The standard InChI is InChI=1S/C19H11Cl2N/c20-18-8-7-16(11-19(18)21)17(12-22)10-13-5-6-14-3-1-2-4-15(14)9-13/h1-11H/b17-10+. The lowest BCUT2D eigenvalue weighted by Crippen LogP contribution is -1.83. The molecule has 3 aromatic rings. The van der Waals surface area contributed by atoms with E-state index in [-0.39, 0.29) is 0 Å². The van der Waals surface area contributed by atoms with Crippen LogP contribution in [-0.4, -0.2) is 0 Å². The maximum Gasteiger partial charge on any atom is 0.0998 e. The fraction of sp³-hybridized carbons (Fsp3) is 0. The molecule has 3 heteroatoms. The number of fused-ring (bicyclic) bond motifs is 1. The molecule has 3 rings (SSSR count). The van der Waals surface area contributed by atoms with Gasteiger partial charge in [0.15, 0.2) is 0 Å². The highest BCUT2D eigenvalue weighted by molar-refractivity contribution is 6.42. The molecule has 3 aromatic carbocycles. The summed E-state index contributed by atoms with van der Waals surface area (Å²) >= 11 is 11.9. The molecule has 0 N–H and O–H groups in total. The molecule has 0 saturated heterocycles. The molecule has 106 valence electrons. The molecule has 0 aliphatic carbocycles. The molecule has 0 heterocycles. The second kappa shape index (κ2) is 6.23. The third kappa shape index (κ3) is 2.99. The van der Waals surface area contributed by atoms with E-state index in [1.807, 2.05) is 30.3 Å². The van der Waals surface area contributed by atoms with Crippen molar-refractivity contribution in [2.24, 2.45) is 0 Å². The van der Waals surface area contributed by atoms with Gasteiger partial charge in [-0.25, -0.2) is 0 Å². The van der Waals surface area contributed by atoms with Crippen LogP contribution in [0.3, 0.4) is 0 Å². The first-order valence-corrected chi connectivity index (χ1v) is 7.49. The van der Waals surface area contributed by atoms with Gasteiger partial charge in [0.1, 0.15) is 0 Å². The Morgan fingerprint density at radius 2 is 1.64 bits per heavy atom. The first kappa shape index (κ1) is 14.7. The molecular weight excluding hydrogens is 313 g/mol. The van der Waals surface area contributed by atoms with Gasteiger partial charge >= 0.3 is 0 Å². The molecule has 22 heavy (non-hydrogen) atoms. The normalized spacial score (nSPS) is 11.4. The zero-order valence-corrected chi connectivity index (χ0v) is 13.1. The number of allylic oxidation sites excluding steroid dienone is 1. The fourth-order valence-corrected chi connectivity index (χ4v) is 2.61. The Hall–Kier alpha value is -2.27. The summed E-state index contributed by atoms with van der Waals surface area (Å²) in [5.41, 5.74) is 2.28. The summed E-state index contributed by atoms with van der Waals surface area (Å²) in [4.78, 5) is 0. The molecule has 0 amide bonds. The van der Waals surface area contributed by atoms with Crippen molar-refractivity contribution >= 4 is 45.6 Å². The number of nitriles is 1. The minimum atomic E-state index is 0.443. The van der Waals surface area contributed by atoms with E-state index in [1.165, 1.54) is 5.39 Å². The van der Waals surface area contributed by atoms with Crippen LogP contribution < -0.4 is 0 Å². The van der Waals surface area contributed by atoms with E-state index in [0.717, 1.165) is 16.5 Å². The van der Waals surface area contributed by atoms with Crippen LogP contribution in [0.4, 0.5) is 0 Å². The Morgan fingerprint density at radius 3 is 2.36 bits per heavy atom. The van der Waals surface area contributed by atoms with Crippen LogP contribution in [0, 0.1) is 11.3 Å². The van der Waals surface area contributed by atoms with Gasteiger partial charge in [-0.2, -0.15) is 5.26 Å². The van der Waals surface area contributed by atoms with Crippen molar-refractivity contribution in [1.29, 1.82) is 5.26 Å². The minimum Gasteiger partial charge on any atom is -0.192 e. The molecule has 0 bridgehead atoms. The lowest BCUT2D eigenvalue weighted by atomic mass is 10.0. The first-order chi connectivity index (χ1) is 10.7. The monoisotopic (exact) mass is 323 g/mol. The third-order valence-corrected chi connectivity index (χ3v) is 4.17. The lowest BCUT2D eigenvalue weighted by Gasteiger charge is -2.03. The molecule has 0 spiro atoms. The number of rotatable bonds is 2. The topological polar surface area (TPSA) is 23.8 Å². The number of hydrogen-bond acceptors (Lipinski definition) is 1. The maximum atomic E-state index is 9.42. The molecule has 0 aliphatic rings. The molecule has 0 radical (unpaired) electrons. The highest BCUT2D eigenvalue weighted by Gasteiger charge is 2.05. The van der Waals surface area contributed by atoms with Crippen molar-refractivity contribution in [3.8, 4) is 6.07 Å². The molecule has 0 aromatic heterocycles. The van der Waals surface area contributed by atoms with Gasteiger partial charge in [0, 0.05) is 0 Å². The summed E-state index contributed by atoms with van der Waals surface area (Å²) in [6, 6.07) is 21.7. The van der Waals surface area contributed by atoms with E-state index in [1.54, 1.807) is 18.2 Å². The summed E-state index contributed by atoms with van der Waals surface area (Å²) in [7, 11) is 0. The number of nitrogens with zero attached hydrogens (tertiary/aromatic N) is 1. The van der Waals surface area contributed by atoms with E-state index in [4.69, 9.17) is 23.2 Å².